The Balaban J connectivity index is 1.91. The molecule has 1 aliphatic rings. The average molecular weight is 252 g/mol. The molecule has 1 saturated carbocycles. The molecular formula is C15H18B2O2. The van der Waals surface area contributed by atoms with Gasteiger partial charge in [-0.2, -0.15) is 0 Å². The molecule has 2 nitrogen and oxygen atoms in total. The summed E-state index contributed by atoms with van der Waals surface area (Å²) in [5.41, 5.74) is 0.857. The normalized spacial score (nSPS) is 19.6. The molecule has 0 saturated heterocycles. The molecule has 0 heterocycles. The molecule has 1 aromatic rings. The van der Waals surface area contributed by atoms with Crippen LogP contribution < -0.4 is 0 Å². The van der Waals surface area contributed by atoms with Gasteiger partial charge in [-0.15, -0.1) is 0 Å². The van der Waals surface area contributed by atoms with E-state index in [0.717, 1.165) is 31.2 Å². The van der Waals surface area contributed by atoms with E-state index in [2.05, 4.69) is 0 Å². The van der Waals surface area contributed by atoms with Gasteiger partial charge in [-0.1, -0.05) is 42.3 Å². The molecule has 0 bridgehead atoms. The number of carbonyl (C=O) groups excluding carboxylic acids is 1. The molecule has 2 atom stereocenters. The second-order valence-electron chi connectivity index (χ2n) is 5.16. The van der Waals surface area contributed by atoms with Crippen molar-refractivity contribution < 1.29 is 9.53 Å². The Morgan fingerprint density at radius 1 is 1.11 bits per heavy atom. The maximum absolute atomic E-state index is 12.0. The van der Waals surface area contributed by atoms with Crippen molar-refractivity contribution in [2.75, 3.05) is 0 Å². The van der Waals surface area contributed by atoms with Crippen LogP contribution in [0, 0.1) is 0 Å². The van der Waals surface area contributed by atoms with Gasteiger partial charge in [0.15, 0.2) is 0 Å². The summed E-state index contributed by atoms with van der Waals surface area (Å²) in [5, 5.41) is 0. The summed E-state index contributed by atoms with van der Waals surface area (Å²) in [6.45, 7) is 0. The summed E-state index contributed by atoms with van der Waals surface area (Å²) in [7, 11) is 11.9. The van der Waals surface area contributed by atoms with Crippen LogP contribution in [0.25, 0.3) is 0 Å². The third kappa shape index (κ3) is 3.89. The molecule has 0 N–H and O–H groups in total. The topological polar surface area (TPSA) is 26.3 Å². The lowest BCUT2D eigenvalue weighted by Crippen LogP contribution is -2.26. The second-order valence-corrected chi connectivity index (χ2v) is 5.16. The van der Waals surface area contributed by atoms with Gasteiger partial charge in [0.25, 0.3) is 5.97 Å². The fourth-order valence-electron chi connectivity index (χ4n) is 2.46. The Labute approximate surface area is 117 Å². The van der Waals surface area contributed by atoms with Crippen molar-refractivity contribution in [2.45, 2.75) is 49.8 Å². The van der Waals surface area contributed by atoms with Gasteiger partial charge in [-0.3, -0.25) is 4.79 Å². The highest BCUT2D eigenvalue weighted by atomic mass is 16.5. The van der Waals surface area contributed by atoms with E-state index in [1.165, 1.54) is 6.42 Å². The first-order valence-corrected chi connectivity index (χ1v) is 6.95. The van der Waals surface area contributed by atoms with Crippen LogP contribution in [0.5, 0.6) is 0 Å². The monoisotopic (exact) mass is 252 g/mol. The van der Waals surface area contributed by atoms with Crippen molar-refractivity contribution in [2.24, 2.45) is 0 Å². The van der Waals surface area contributed by atoms with Crippen LogP contribution in [-0.2, 0) is 9.53 Å². The number of esters is 1. The molecule has 0 amide bonds. The number of ether oxygens (including phenoxy) is 1. The summed E-state index contributed by atoms with van der Waals surface area (Å²) in [6, 6.07) is 9.42. The molecule has 0 aliphatic heterocycles. The number of hydrogen-bond acceptors (Lipinski definition) is 2. The summed E-state index contributed by atoms with van der Waals surface area (Å²) < 4.78 is 5.45. The summed E-state index contributed by atoms with van der Waals surface area (Å²) in [5.74, 6) is -1.70. The molecule has 0 spiro atoms. The van der Waals surface area contributed by atoms with E-state index in [1.54, 1.807) is 0 Å². The Morgan fingerprint density at radius 3 is 2.37 bits per heavy atom. The largest absolute Gasteiger partial charge is 0.463 e. The molecule has 0 aromatic heterocycles. The first-order valence-electron chi connectivity index (χ1n) is 6.95. The molecule has 1 aromatic carbocycles. The van der Waals surface area contributed by atoms with E-state index in [9.17, 15) is 4.79 Å². The highest BCUT2D eigenvalue weighted by molar-refractivity contribution is 6.29. The summed E-state index contributed by atoms with van der Waals surface area (Å²) in [4.78, 5) is 12.0. The lowest BCUT2D eigenvalue weighted by atomic mass is 9.63. The van der Waals surface area contributed by atoms with Gasteiger partial charge in [-0.25, -0.2) is 0 Å². The van der Waals surface area contributed by atoms with E-state index in [0.29, 0.717) is 0 Å². The van der Waals surface area contributed by atoms with E-state index in [-0.39, 0.29) is 12.1 Å². The smallest absolute Gasteiger partial charge is 0.300 e. The van der Waals surface area contributed by atoms with E-state index < -0.39 is 11.6 Å². The van der Waals surface area contributed by atoms with Crippen LogP contribution in [0.2, 0.25) is 5.82 Å². The predicted molar refractivity (Wildman–Crippen MR) is 77.4 cm³/mol. The van der Waals surface area contributed by atoms with Gasteiger partial charge in [0, 0.05) is 5.82 Å². The molecule has 96 valence electrons. The van der Waals surface area contributed by atoms with Crippen LogP contribution >= 0.6 is 0 Å². The van der Waals surface area contributed by atoms with Crippen molar-refractivity contribution >= 4 is 21.7 Å². The minimum absolute atomic E-state index is 0.0234. The highest BCUT2D eigenvalue weighted by Crippen LogP contribution is 2.27. The predicted octanol–water partition coefficient (Wildman–Crippen LogP) is 2.73. The highest BCUT2D eigenvalue weighted by Gasteiger charge is 2.25. The zero-order valence-electron chi connectivity index (χ0n) is 11.1. The first-order chi connectivity index (χ1) is 9.18. The van der Waals surface area contributed by atoms with Crippen LogP contribution in [0.3, 0.4) is 0 Å². The third-order valence-corrected chi connectivity index (χ3v) is 3.68. The maximum Gasteiger partial charge on any atom is 0.300 e. The molecule has 4 radical (unpaired) electrons. The lowest BCUT2D eigenvalue weighted by molar-refractivity contribution is -0.150. The molecule has 1 fully saturated rings. The van der Waals surface area contributed by atoms with E-state index >= 15 is 0 Å². The SMILES string of the molecule is [B]C(C(=O)OC1CCCCC1)C([B])c1ccccc1. The zero-order chi connectivity index (χ0) is 13.7. The lowest BCUT2D eigenvalue weighted by Gasteiger charge is -2.26. The molecule has 1 aliphatic carbocycles. The number of rotatable bonds is 4. The molecule has 4 heteroatoms. The fourth-order valence-corrected chi connectivity index (χ4v) is 2.46. The van der Waals surface area contributed by atoms with Gasteiger partial charge in [-0.05, 0) is 31.5 Å². The van der Waals surface area contributed by atoms with Crippen molar-refractivity contribution in [1.29, 1.82) is 0 Å². The Morgan fingerprint density at radius 2 is 1.74 bits per heavy atom. The summed E-state index contributed by atoms with van der Waals surface area (Å²) in [6.07, 6.45) is 5.38. The molecular weight excluding hydrogens is 234 g/mol. The van der Waals surface area contributed by atoms with E-state index in [1.807, 2.05) is 30.3 Å². The molecule has 2 unspecified atom stereocenters. The first kappa shape index (κ1) is 14.2. The van der Waals surface area contributed by atoms with Crippen LogP contribution in [-0.4, -0.2) is 27.8 Å². The minimum Gasteiger partial charge on any atom is -0.463 e. The molecule has 2 rings (SSSR count). The minimum atomic E-state index is -0.802. The zero-order valence-corrected chi connectivity index (χ0v) is 11.1. The number of hydrogen-bond donors (Lipinski definition) is 0. The fraction of sp³-hybridized carbons (Fsp3) is 0.533. The van der Waals surface area contributed by atoms with Gasteiger partial charge in [0.2, 0.25) is 0 Å². The number of carbonyl (C=O) groups is 1. The van der Waals surface area contributed by atoms with Crippen molar-refractivity contribution in [1.82, 2.24) is 0 Å². The van der Waals surface area contributed by atoms with Crippen LogP contribution in [0.1, 0.15) is 43.5 Å². The maximum atomic E-state index is 12.0. The second kappa shape index (κ2) is 6.83. The van der Waals surface area contributed by atoms with Gasteiger partial charge in [0.05, 0.1) is 15.7 Å². The van der Waals surface area contributed by atoms with Crippen molar-refractivity contribution in [3.8, 4) is 0 Å². The van der Waals surface area contributed by atoms with Crippen LogP contribution in [0.15, 0.2) is 30.3 Å². The molecule has 19 heavy (non-hydrogen) atoms. The standard InChI is InChI=1S/C15H18B2O2/c16-13(11-7-3-1-4-8-11)14(17)15(18)19-12-9-5-2-6-10-12/h1,3-4,7-8,12-14H,2,5-6,9-10H2. The van der Waals surface area contributed by atoms with Crippen molar-refractivity contribution in [3.05, 3.63) is 35.9 Å². The van der Waals surface area contributed by atoms with Gasteiger partial charge < -0.3 is 4.74 Å². The Bertz CT molecular complexity index is 402. The van der Waals surface area contributed by atoms with Crippen LogP contribution in [0.4, 0.5) is 0 Å². The number of benzene rings is 1. The average Bonchev–Trinajstić information content (AvgIpc) is 2.47. The van der Waals surface area contributed by atoms with Gasteiger partial charge in [0.1, 0.15) is 6.10 Å². The summed E-state index contributed by atoms with van der Waals surface area (Å²) >= 11 is 0. The van der Waals surface area contributed by atoms with Crippen molar-refractivity contribution in [3.63, 3.8) is 0 Å². The Hall–Kier alpha value is -1.18. The Kier molecular flexibility index (Phi) is 5.12. The van der Waals surface area contributed by atoms with E-state index in [4.69, 9.17) is 20.4 Å². The third-order valence-electron chi connectivity index (χ3n) is 3.68. The van der Waals surface area contributed by atoms with Gasteiger partial charge >= 0.3 is 0 Å². The quantitative estimate of drug-likeness (QED) is 0.608.